The first kappa shape index (κ1) is 10.7. The van der Waals surface area contributed by atoms with Crippen LogP contribution in [0.3, 0.4) is 0 Å². The standard InChI is InChI=1S/C11H21N3O/c15-11(5-2-1-3-6-11)9-14-10-12-7-4-8-13-10/h15H,1-9H2,(H2,12,13,14). The molecule has 0 amide bonds. The Bertz CT molecular complexity index is 234. The van der Waals surface area contributed by atoms with E-state index in [-0.39, 0.29) is 0 Å². The van der Waals surface area contributed by atoms with Gasteiger partial charge in [0.2, 0.25) is 0 Å². The van der Waals surface area contributed by atoms with E-state index in [9.17, 15) is 5.11 Å². The fraction of sp³-hybridized carbons (Fsp3) is 0.909. The van der Waals surface area contributed by atoms with Crippen molar-refractivity contribution in [2.24, 2.45) is 4.99 Å². The number of nitrogens with zero attached hydrogens (tertiary/aromatic N) is 1. The maximum Gasteiger partial charge on any atom is 0.191 e. The van der Waals surface area contributed by atoms with E-state index in [1.54, 1.807) is 0 Å². The lowest BCUT2D eigenvalue weighted by molar-refractivity contribution is 0.00856. The fourth-order valence-electron chi connectivity index (χ4n) is 2.29. The Hall–Kier alpha value is -0.770. The van der Waals surface area contributed by atoms with Crippen LogP contribution in [0.15, 0.2) is 4.99 Å². The Morgan fingerprint density at radius 3 is 2.73 bits per heavy atom. The second kappa shape index (κ2) is 4.84. The van der Waals surface area contributed by atoms with Crippen LogP contribution in [0.25, 0.3) is 0 Å². The fourth-order valence-corrected chi connectivity index (χ4v) is 2.29. The Morgan fingerprint density at radius 2 is 2.07 bits per heavy atom. The number of rotatable bonds is 2. The summed E-state index contributed by atoms with van der Waals surface area (Å²) in [6, 6.07) is 0. The second-order valence-corrected chi connectivity index (χ2v) is 4.65. The molecule has 0 aromatic carbocycles. The van der Waals surface area contributed by atoms with Gasteiger partial charge < -0.3 is 15.7 Å². The van der Waals surface area contributed by atoms with Gasteiger partial charge in [0, 0.05) is 19.6 Å². The van der Waals surface area contributed by atoms with Crippen molar-refractivity contribution < 1.29 is 5.11 Å². The number of nitrogens with one attached hydrogen (secondary N) is 2. The van der Waals surface area contributed by atoms with E-state index >= 15 is 0 Å². The van der Waals surface area contributed by atoms with Crippen LogP contribution in [-0.2, 0) is 0 Å². The van der Waals surface area contributed by atoms with E-state index in [4.69, 9.17) is 0 Å². The minimum absolute atomic E-state index is 0.500. The third-order valence-electron chi connectivity index (χ3n) is 3.27. The molecule has 0 aromatic rings. The molecule has 1 fully saturated rings. The Morgan fingerprint density at radius 1 is 1.27 bits per heavy atom. The zero-order valence-electron chi connectivity index (χ0n) is 9.26. The number of aliphatic hydroxyl groups is 1. The van der Waals surface area contributed by atoms with Crippen molar-refractivity contribution in [1.29, 1.82) is 0 Å². The third kappa shape index (κ3) is 3.09. The molecule has 0 unspecified atom stereocenters. The van der Waals surface area contributed by atoms with Crippen LogP contribution >= 0.6 is 0 Å². The Kier molecular flexibility index (Phi) is 3.46. The van der Waals surface area contributed by atoms with Crippen LogP contribution in [0.4, 0.5) is 0 Å². The number of hydrogen-bond donors (Lipinski definition) is 3. The van der Waals surface area contributed by atoms with Crippen LogP contribution in [0.2, 0.25) is 0 Å². The largest absolute Gasteiger partial charge is 0.388 e. The number of hydrogen-bond acceptors (Lipinski definition) is 4. The maximum atomic E-state index is 10.3. The normalized spacial score (nSPS) is 25.3. The second-order valence-electron chi connectivity index (χ2n) is 4.65. The molecule has 4 heteroatoms. The molecule has 4 nitrogen and oxygen atoms in total. The molecule has 1 heterocycles. The quantitative estimate of drug-likeness (QED) is 0.627. The zero-order valence-corrected chi connectivity index (χ0v) is 9.26. The van der Waals surface area contributed by atoms with Crippen molar-refractivity contribution in [2.75, 3.05) is 19.6 Å². The minimum atomic E-state index is -0.500. The first-order valence-corrected chi connectivity index (χ1v) is 6.03. The van der Waals surface area contributed by atoms with Gasteiger partial charge in [-0.2, -0.15) is 0 Å². The molecule has 0 atom stereocenters. The monoisotopic (exact) mass is 211 g/mol. The predicted molar refractivity (Wildman–Crippen MR) is 61.0 cm³/mol. The molecule has 0 aromatic heterocycles. The highest BCUT2D eigenvalue weighted by Gasteiger charge is 2.29. The molecular weight excluding hydrogens is 190 g/mol. The highest BCUT2D eigenvalue weighted by atomic mass is 16.3. The zero-order chi connectivity index (χ0) is 10.6. The lowest BCUT2D eigenvalue weighted by atomic mass is 9.85. The third-order valence-corrected chi connectivity index (χ3v) is 3.27. The van der Waals surface area contributed by atoms with Gasteiger partial charge in [-0.3, -0.25) is 4.99 Å². The average Bonchev–Trinajstić information content (AvgIpc) is 2.29. The summed E-state index contributed by atoms with van der Waals surface area (Å²) in [6.45, 7) is 2.52. The summed E-state index contributed by atoms with van der Waals surface area (Å²) >= 11 is 0. The molecule has 1 aliphatic carbocycles. The first-order valence-electron chi connectivity index (χ1n) is 6.03. The Labute approximate surface area is 91.2 Å². The van der Waals surface area contributed by atoms with Gasteiger partial charge in [-0.15, -0.1) is 0 Å². The smallest absolute Gasteiger partial charge is 0.191 e. The summed E-state index contributed by atoms with van der Waals surface area (Å²) in [7, 11) is 0. The van der Waals surface area contributed by atoms with Crippen molar-refractivity contribution >= 4 is 5.96 Å². The van der Waals surface area contributed by atoms with Crippen LogP contribution in [0.5, 0.6) is 0 Å². The molecule has 0 spiro atoms. The highest BCUT2D eigenvalue weighted by Crippen LogP contribution is 2.27. The van der Waals surface area contributed by atoms with E-state index in [1.165, 1.54) is 6.42 Å². The summed E-state index contributed by atoms with van der Waals surface area (Å²) in [5, 5.41) is 16.7. The topological polar surface area (TPSA) is 56.6 Å². The van der Waals surface area contributed by atoms with E-state index in [2.05, 4.69) is 15.6 Å². The van der Waals surface area contributed by atoms with Crippen molar-refractivity contribution in [3.63, 3.8) is 0 Å². The van der Waals surface area contributed by atoms with E-state index in [0.29, 0.717) is 6.54 Å². The van der Waals surface area contributed by atoms with Gasteiger partial charge >= 0.3 is 0 Å². The molecule has 2 rings (SSSR count). The molecule has 0 radical (unpaired) electrons. The van der Waals surface area contributed by atoms with Gasteiger partial charge in [-0.1, -0.05) is 19.3 Å². The van der Waals surface area contributed by atoms with Crippen molar-refractivity contribution in [3.05, 3.63) is 0 Å². The van der Waals surface area contributed by atoms with Crippen LogP contribution < -0.4 is 10.6 Å². The predicted octanol–water partition coefficient (Wildman–Crippen LogP) is 0.620. The lowest BCUT2D eigenvalue weighted by Gasteiger charge is -2.33. The number of guanidine groups is 1. The van der Waals surface area contributed by atoms with Crippen molar-refractivity contribution in [2.45, 2.75) is 44.1 Å². The van der Waals surface area contributed by atoms with Crippen LogP contribution in [0, 0.1) is 0 Å². The van der Waals surface area contributed by atoms with Crippen molar-refractivity contribution in [1.82, 2.24) is 10.6 Å². The van der Waals surface area contributed by atoms with Crippen molar-refractivity contribution in [3.8, 4) is 0 Å². The lowest BCUT2D eigenvalue weighted by Crippen LogP contribution is -2.49. The molecule has 1 aliphatic heterocycles. The highest BCUT2D eigenvalue weighted by molar-refractivity contribution is 5.80. The van der Waals surface area contributed by atoms with E-state index < -0.39 is 5.60 Å². The molecule has 15 heavy (non-hydrogen) atoms. The van der Waals surface area contributed by atoms with Gasteiger partial charge in [0.05, 0.1) is 5.60 Å². The van der Waals surface area contributed by atoms with Gasteiger partial charge in [-0.05, 0) is 19.3 Å². The first-order chi connectivity index (χ1) is 7.29. The summed E-state index contributed by atoms with van der Waals surface area (Å²) in [6.07, 6.45) is 6.52. The summed E-state index contributed by atoms with van der Waals surface area (Å²) in [4.78, 5) is 4.33. The van der Waals surface area contributed by atoms with E-state index in [1.807, 2.05) is 0 Å². The van der Waals surface area contributed by atoms with Crippen LogP contribution in [0.1, 0.15) is 38.5 Å². The van der Waals surface area contributed by atoms with Gasteiger partial charge in [0.15, 0.2) is 5.96 Å². The van der Waals surface area contributed by atoms with Crippen LogP contribution in [-0.4, -0.2) is 36.3 Å². The summed E-state index contributed by atoms with van der Waals surface area (Å²) < 4.78 is 0. The SMILES string of the molecule is OC1(CNC2=NCCCN2)CCCCC1. The molecule has 2 aliphatic rings. The van der Waals surface area contributed by atoms with Gasteiger partial charge in [-0.25, -0.2) is 0 Å². The van der Waals surface area contributed by atoms with Gasteiger partial charge in [0.1, 0.15) is 0 Å². The van der Waals surface area contributed by atoms with E-state index in [0.717, 1.165) is 51.2 Å². The minimum Gasteiger partial charge on any atom is -0.388 e. The molecule has 1 saturated carbocycles. The molecular formula is C11H21N3O. The maximum absolute atomic E-state index is 10.3. The molecule has 86 valence electrons. The Balaban J connectivity index is 1.78. The molecule has 0 bridgehead atoms. The summed E-state index contributed by atoms with van der Waals surface area (Å²) in [5.74, 6) is 0.861. The summed E-state index contributed by atoms with van der Waals surface area (Å²) in [5.41, 5.74) is -0.500. The average molecular weight is 211 g/mol. The molecule has 0 saturated heterocycles. The van der Waals surface area contributed by atoms with Gasteiger partial charge in [0.25, 0.3) is 0 Å². The number of aliphatic imine (C=N–C) groups is 1. The molecule has 3 N–H and O–H groups in total.